The second-order valence-corrected chi connectivity index (χ2v) is 7.39. The van der Waals surface area contributed by atoms with Gasteiger partial charge in [0, 0.05) is 0 Å². The van der Waals surface area contributed by atoms with Gasteiger partial charge in [-0.25, -0.2) is 0 Å². The highest BCUT2D eigenvalue weighted by molar-refractivity contribution is 5.32. The van der Waals surface area contributed by atoms with Crippen molar-refractivity contribution in [3.8, 4) is 0 Å². The Morgan fingerprint density at radius 2 is 1.76 bits per heavy atom. The van der Waals surface area contributed by atoms with Gasteiger partial charge in [0.15, 0.2) is 0 Å². The van der Waals surface area contributed by atoms with Gasteiger partial charge in [-0.15, -0.1) is 0 Å². The molecule has 0 aromatic rings. The van der Waals surface area contributed by atoms with E-state index < -0.39 is 12.2 Å². The predicted molar refractivity (Wildman–Crippen MR) is 67.4 cm³/mol. The third-order valence-electron chi connectivity index (χ3n) is 6.13. The largest absolute Gasteiger partial charge is 0.390 e. The van der Waals surface area contributed by atoms with Gasteiger partial charge in [0.1, 0.15) is 6.10 Å². The molecule has 0 aliphatic heterocycles. The lowest BCUT2D eigenvalue weighted by atomic mass is 9.36. The molecular formula is C15H24O2. The van der Waals surface area contributed by atoms with Crippen molar-refractivity contribution in [2.45, 2.75) is 52.2 Å². The van der Waals surface area contributed by atoms with Crippen molar-refractivity contribution in [2.24, 2.45) is 28.6 Å². The van der Waals surface area contributed by atoms with E-state index in [1.54, 1.807) is 0 Å². The molecule has 4 saturated carbocycles. The normalized spacial score (nSPS) is 56.1. The first-order valence-electron chi connectivity index (χ1n) is 6.85. The number of aliphatic hydroxyl groups is 2. The van der Waals surface area contributed by atoms with Crippen molar-refractivity contribution in [2.75, 3.05) is 0 Å². The lowest BCUT2D eigenvalue weighted by molar-refractivity contribution is -0.231. The van der Waals surface area contributed by atoms with Crippen LogP contribution in [0.2, 0.25) is 0 Å². The smallest absolute Gasteiger partial charge is 0.101 e. The van der Waals surface area contributed by atoms with Crippen LogP contribution in [0.5, 0.6) is 0 Å². The van der Waals surface area contributed by atoms with Gasteiger partial charge in [0.25, 0.3) is 0 Å². The first-order chi connectivity index (χ1) is 7.81. The van der Waals surface area contributed by atoms with E-state index in [2.05, 4.69) is 27.4 Å². The molecule has 4 rings (SSSR count). The zero-order valence-electron chi connectivity index (χ0n) is 11.1. The third kappa shape index (κ3) is 1.18. The Bertz CT molecular complexity index is 373. The highest BCUT2D eigenvalue weighted by atomic mass is 16.3. The van der Waals surface area contributed by atoms with Crippen LogP contribution in [-0.2, 0) is 0 Å². The van der Waals surface area contributed by atoms with Crippen LogP contribution in [0.3, 0.4) is 0 Å². The van der Waals surface area contributed by atoms with E-state index in [1.165, 1.54) is 19.3 Å². The van der Waals surface area contributed by atoms with Crippen LogP contribution in [0.25, 0.3) is 0 Å². The summed E-state index contributed by atoms with van der Waals surface area (Å²) in [6, 6.07) is 0. The van der Waals surface area contributed by atoms with Crippen molar-refractivity contribution < 1.29 is 10.2 Å². The van der Waals surface area contributed by atoms with Crippen LogP contribution >= 0.6 is 0 Å². The van der Waals surface area contributed by atoms with Crippen LogP contribution in [0, 0.1) is 28.6 Å². The molecule has 2 nitrogen and oxygen atoms in total. The first-order valence-corrected chi connectivity index (χ1v) is 6.85. The van der Waals surface area contributed by atoms with E-state index >= 15 is 0 Å². The van der Waals surface area contributed by atoms with Gasteiger partial charge >= 0.3 is 0 Å². The van der Waals surface area contributed by atoms with Gasteiger partial charge in [0.05, 0.1) is 6.10 Å². The minimum Gasteiger partial charge on any atom is -0.390 e. The molecule has 4 bridgehead atoms. The highest BCUT2D eigenvalue weighted by Gasteiger charge is 2.70. The van der Waals surface area contributed by atoms with Crippen molar-refractivity contribution in [3.05, 3.63) is 12.2 Å². The van der Waals surface area contributed by atoms with E-state index in [9.17, 15) is 10.2 Å². The van der Waals surface area contributed by atoms with E-state index in [4.69, 9.17) is 0 Å². The Hall–Kier alpha value is -0.340. The molecule has 2 N–H and O–H groups in total. The summed E-state index contributed by atoms with van der Waals surface area (Å²) in [5.41, 5.74) is 1.35. The fraction of sp³-hybridized carbons (Fsp3) is 0.867. The van der Waals surface area contributed by atoms with Crippen LogP contribution in [0.15, 0.2) is 12.2 Å². The van der Waals surface area contributed by atoms with Gasteiger partial charge in [-0.05, 0) is 47.0 Å². The number of aliphatic hydroxyl groups excluding tert-OH is 2. The molecule has 6 atom stereocenters. The lowest BCUT2D eigenvalue weighted by Gasteiger charge is -2.69. The van der Waals surface area contributed by atoms with Gasteiger partial charge < -0.3 is 10.2 Å². The molecule has 96 valence electrons. The Morgan fingerprint density at radius 3 is 2.35 bits per heavy atom. The Balaban J connectivity index is 2.08. The standard InChI is InChI=1S/C15H24O2/c1-8-9-10-11(13(17)12(8)16)15(9,4)7-5-6-14(10,2)3/h9-13,16-17H,1,5-7H2,2-4H3/t9-,10-,11-,12-,13-,15?/m1/s1. The summed E-state index contributed by atoms with van der Waals surface area (Å²) in [6.45, 7) is 11.0. The zero-order chi connectivity index (χ0) is 12.6. The molecule has 0 saturated heterocycles. The molecule has 0 amide bonds. The summed E-state index contributed by atoms with van der Waals surface area (Å²) in [4.78, 5) is 0. The average Bonchev–Trinajstić information content (AvgIpc) is 2.38. The molecule has 4 fully saturated rings. The van der Waals surface area contributed by atoms with Gasteiger partial charge in [-0.1, -0.05) is 33.8 Å². The van der Waals surface area contributed by atoms with Crippen molar-refractivity contribution in [1.29, 1.82) is 0 Å². The molecule has 4 aliphatic rings. The summed E-state index contributed by atoms with van der Waals surface area (Å²) in [5, 5.41) is 20.4. The number of hydrogen-bond acceptors (Lipinski definition) is 2. The van der Waals surface area contributed by atoms with E-state index in [0.717, 1.165) is 5.57 Å². The van der Waals surface area contributed by atoms with Crippen molar-refractivity contribution in [1.82, 2.24) is 0 Å². The van der Waals surface area contributed by atoms with Crippen molar-refractivity contribution in [3.63, 3.8) is 0 Å². The van der Waals surface area contributed by atoms with Crippen LogP contribution < -0.4 is 0 Å². The third-order valence-corrected chi connectivity index (χ3v) is 6.13. The maximum absolute atomic E-state index is 10.4. The SMILES string of the molecule is C=C1[C@@H](O)[C@H](O)[C@H]2[C@H]3[C@@H]1C2(C)CCCC3(C)C. The maximum atomic E-state index is 10.4. The number of hydrogen-bond donors (Lipinski definition) is 2. The lowest BCUT2D eigenvalue weighted by Crippen LogP contribution is -2.70. The molecular weight excluding hydrogens is 212 g/mol. The highest BCUT2D eigenvalue weighted by Crippen LogP contribution is 2.73. The average molecular weight is 236 g/mol. The summed E-state index contributed by atoms with van der Waals surface area (Å²) in [7, 11) is 0. The zero-order valence-corrected chi connectivity index (χ0v) is 11.1. The fourth-order valence-corrected chi connectivity index (χ4v) is 5.32. The number of fused-ring (bicyclic) bond motifs is 2. The molecule has 0 heterocycles. The first kappa shape index (κ1) is 11.7. The van der Waals surface area contributed by atoms with E-state index in [1.807, 2.05) is 0 Å². The van der Waals surface area contributed by atoms with E-state index in [0.29, 0.717) is 11.8 Å². The van der Waals surface area contributed by atoms with E-state index in [-0.39, 0.29) is 16.7 Å². The predicted octanol–water partition coefficient (Wildman–Crippen LogP) is 2.36. The van der Waals surface area contributed by atoms with Gasteiger partial charge in [-0.2, -0.15) is 0 Å². The fourth-order valence-electron chi connectivity index (χ4n) is 5.32. The minimum absolute atomic E-state index is 0.189. The summed E-state index contributed by atoms with van der Waals surface area (Å²) in [5.74, 6) is 1.20. The minimum atomic E-state index is -0.691. The summed E-state index contributed by atoms with van der Waals surface area (Å²) < 4.78 is 0. The second kappa shape index (κ2) is 3.16. The molecule has 17 heavy (non-hydrogen) atoms. The molecule has 0 spiro atoms. The Labute approximate surface area is 104 Å². The molecule has 0 radical (unpaired) electrons. The Morgan fingerprint density at radius 1 is 1.12 bits per heavy atom. The molecule has 4 aliphatic carbocycles. The summed E-state index contributed by atoms with van der Waals surface area (Å²) in [6.07, 6.45) is 2.35. The monoisotopic (exact) mass is 236 g/mol. The van der Waals surface area contributed by atoms with Gasteiger partial charge in [0.2, 0.25) is 0 Å². The second-order valence-electron chi connectivity index (χ2n) is 7.39. The molecule has 2 heteroatoms. The topological polar surface area (TPSA) is 40.5 Å². The quantitative estimate of drug-likeness (QED) is 0.634. The molecule has 0 aromatic carbocycles. The molecule has 1 unspecified atom stereocenters. The summed E-state index contributed by atoms with van der Waals surface area (Å²) >= 11 is 0. The maximum Gasteiger partial charge on any atom is 0.101 e. The number of rotatable bonds is 0. The Kier molecular flexibility index (Phi) is 2.18. The van der Waals surface area contributed by atoms with Gasteiger partial charge in [-0.3, -0.25) is 0 Å². The van der Waals surface area contributed by atoms with Crippen molar-refractivity contribution >= 4 is 0 Å². The molecule has 0 aromatic heterocycles. The van der Waals surface area contributed by atoms with Crippen LogP contribution in [0.1, 0.15) is 40.0 Å². The van der Waals surface area contributed by atoms with Crippen LogP contribution in [0.4, 0.5) is 0 Å². The van der Waals surface area contributed by atoms with Crippen LogP contribution in [-0.4, -0.2) is 22.4 Å².